The predicted molar refractivity (Wildman–Crippen MR) is 51.5 cm³/mol. The molecule has 1 amide bonds. The third-order valence-corrected chi connectivity index (χ3v) is 1.85. The van der Waals surface area contributed by atoms with Crippen molar-refractivity contribution in [2.24, 2.45) is 0 Å². The Balaban J connectivity index is 3.53. The van der Waals surface area contributed by atoms with E-state index in [9.17, 15) is 9.59 Å². The number of carbonyl (C=O) groups excluding carboxylic acids is 2. The summed E-state index contributed by atoms with van der Waals surface area (Å²) in [7, 11) is 0. The Labute approximate surface area is 79.3 Å². The van der Waals surface area contributed by atoms with E-state index < -0.39 is 0 Å². The third kappa shape index (κ3) is 6.28. The van der Waals surface area contributed by atoms with Crippen LogP contribution in [0.3, 0.4) is 0 Å². The number of rotatable bonds is 7. The zero-order valence-corrected chi connectivity index (χ0v) is 8.38. The first kappa shape index (κ1) is 12.1. The summed E-state index contributed by atoms with van der Waals surface area (Å²) in [6.07, 6.45) is 1.20. The summed E-state index contributed by atoms with van der Waals surface area (Å²) in [4.78, 5) is 23.2. The van der Waals surface area contributed by atoms with E-state index in [1.807, 2.05) is 18.7 Å². The maximum absolute atomic E-state index is 11.2. The fourth-order valence-corrected chi connectivity index (χ4v) is 0.977. The molecule has 76 valence electrons. The van der Waals surface area contributed by atoms with Crippen LogP contribution >= 0.6 is 0 Å². The topological polar surface area (TPSA) is 49.4 Å². The fourth-order valence-electron chi connectivity index (χ4n) is 0.977. The van der Waals surface area contributed by atoms with E-state index in [1.165, 1.54) is 0 Å². The van der Waals surface area contributed by atoms with Gasteiger partial charge in [0.1, 0.15) is 6.29 Å². The Morgan fingerprint density at radius 3 is 2.46 bits per heavy atom. The second-order valence-corrected chi connectivity index (χ2v) is 2.77. The highest BCUT2D eigenvalue weighted by molar-refractivity contribution is 5.78. The van der Waals surface area contributed by atoms with E-state index >= 15 is 0 Å². The lowest BCUT2D eigenvalue weighted by atomic mass is 10.4. The van der Waals surface area contributed by atoms with Gasteiger partial charge in [0.25, 0.3) is 0 Å². The molecule has 0 radical (unpaired) electrons. The number of hydrogen-bond acceptors (Lipinski definition) is 3. The molecule has 13 heavy (non-hydrogen) atoms. The largest absolute Gasteiger partial charge is 0.355 e. The summed E-state index contributed by atoms with van der Waals surface area (Å²) in [5, 5.41) is 2.67. The molecule has 0 aliphatic heterocycles. The van der Waals surface area contributed by atoms with Gasteiger partial charge in [-0.25, -0.2) is 0 Å². The van der Waals surface area contributed by atoms with Gasteiger partial charge in [0.05, 0.1) is 6.54 Å². The molecule has 0 spiro atoms. The molecule has 0 atom stereocenters. The number of hydrogen-bond donors (Lipinski definition) is 1. The van der Waals surface area contributed by atoms with Gasteiger partial charge in [0.15, 0.2) is 0 Å². The average Bonchev–Trinajstić information content (AvgIpc) is 2.14. The van der Waals surface area contributed by atoms with Gasteiger partial charge in [-0.3, -0.25) is 9.69 Å². The predicted octanol–water partition coefficient (Wildman–Crippen LogP) is 0.0334. The molecule has 0 aliphatic rings. The maximum atomic E-state index is 11.2. The fraction of sp³-hybridized carbons (Fsp3) is 0.778. The zero-order valence-electron chi connectivity index (χ0n) is 8.38. The van der Waals surface area contributed by atoms with E-state index in [2.05, 4.69) is 5.32 Å². The molecule has 0 rings (SSSR count). The number of likely N-dealkylation sites (N-methyl/N-ethyl adjacent to an activating group) is 1. The molecule has 1 N–H and O–H groups in total. The average molecular weight is 186 g/mol. The van der Waals surface area contributed by atoms with Crippen molar-refractivity contribution in [2.75, 3.05) is 26.2 Å². The second kappa shape index (κ2) is 7.73. The molecule has 4 nitrogen and oxygen atoms in total. The molecule has 4 heteroatoms. The Hall–Kier alpha value is -0.900. The first-order valence-corrected chi connectivity index (χ1v) is 4.67. The Bertz CT molecular complexity index is 156. The van der Waals surface area contributed by atoms with E-state index in [4.69, 9.17) is 0 Å². The van der Waals surface area contributed by atoms with Crippen molar-refractivity contribution in [3.8, 4) is 0 Å². The summed E-state index contributed by atoms with van der Waals surface area (Å²) in [5.41, 5.74) is 0. The van der Waals surface area contributed by atoms with Gasteiger partial charge in [0, 0.05) is 13.0 Å². The van der Waals surface area contributed by atoms with Crippen LogP contribution in [0.4, 0.5) is 0 Å². The van der Waals surface area contributed by atoms with Gasteiger partial charge in [0.2, 0.25) is 5.91 Å². The molecule has 0 heterocycles. The van der Waals surface area contributed by atoms with Crippen LogP contribution in [-0.4, -0.2) is 43.3 Å². The maximum Gasteiger partial charge on any atom is 0.234 e. The van der Waals surface area contributed by atoms with Gasteiger partial charge < -0.3 is 10.1 Å². The highest BCUT2D eigenvalue weighted by Gasteiger charge is 2.05. The van der Waals surface area contributed by atoms with Crippen molar-refractivity contribution < 1.29 is 9.59 Å². The minimum Gasteiger partial charge on any atom is -0.355 e. The first-order valence-electron chi connectivity index (χ1n) is 4.67. The lowest BCUT2D eigenvalue weighted by Crippen LogP contribution is -2.37. The van der Waals surface area contributed by atoms with Crippen molar-refractivity contribution in [1.29, 1.82) is 0 Å². The minimum atomic E-state index is -0.00875. The SMILES string of the molecule is CCN(CC)CC(=O)NCCC=O. The van der Waals surface area contributed by atoms with Gasteiger partial charge >= 0.3 is 0 Å². The molecular weight excluding hydrogens is 168 g/mol. The minimum absolute atomic E-state index is 0.00875. The smallest absolute Gasteiger partial charge is 0.234 e. The summed E-state index contributed by atoms with van der Waals surface area (Å²) < 4.78 is 0. The molecule has 0 unspecified atom stereocenters. The Morgan fingerprint density at radius 1 is 1.38 bits per heavy atom. The lowest BCUT2D eigenvalue weighted by Gasteiger charge is -2.16. The van der Waals surface area contributed by atoms with Crippen LogP contribution in [0, 0.1) is 0 Å². The Morgan fingerprint density at radius 2 is 2.00 bits per heavy atom. The van der Waals surface area contributed by atoms with Gasteiger partial charge in [-0.05, 0) is 13.1 Å². The normalized spacial score (nSPS) is 10.1. The van der Waals surface area contributed by atoms with Crippen LogP contribution in [0.15, 0.2) is 0 Å². The van der Waals surface area contributed by atoms with Crippen molar-refractivity contribution in [3.63, 3.8) is 0 Å². The third-order valence-electron chi connectivity index (χ3n) is 1.85. The van der Waals surface area contributed by atoms with Crippen LogP contribution in [0.25, 0.3) is 0 Å². The van der Waals surface area contributed by atoms with Crippen molar-refractivity contribution in [2.45, 2.75) is 20.3 Å². The summed E-state index contributed by atoms with van der Waals surface area (Å²) >= 11 is 0. The van der Waals surface area contributed by atoms with Crippen molar-refractivity contribution >= 4 is 12.2 Å². The second-order valence-electron chi connectivity index (χ2n) is 2.77. The van der Waals surface area contributed by atoms with Crippen molar-refractivity contribution in [1.82, 2.24) is 10.2 Å². The van der Waals surface area contributed by atoms with Gasteiger partial charge in [-0.1, -0.05) is 13.8 Å². The van der Waals surface area contributed by atoms with Gasteiger partial charge in [-0.15, -0.1) is 0 Å². The molecule has 0 bridgehead atoms. The number of carbonyl (C=O) groups is 2. The molecule has 0 fully saturated rings. The Kier molecular flexibility index (Phi) is 7.20. The van der Waals surface area contributed by atoms with Crippen LogP contribution in [0.1, 0.15) is 20.3 Å². The van der Waals surface area contributed by atoms with Crippen LogP contribution < -0.4 is 5.32 Å². The zero-order chi connectivity index (χ0) is 10.1. The summed E-state index contributed by atoms with van der Waals surface area (Å²) in [6.45, 7) is 6.65. The molecule has 0 aromatic heterocycles. The van der Waals surface area contributed by atoms with Crippen LogP contribution in [0.5, 0.6) is 0 Å². The standard InChI is InChI=1S/C9H18N2O2/c1-3-11(4-2)8-9(13)10-6-5-7-12/h7H,3-6,8H2,1-2H3,(H,10,13). The first-order chi connectivity index (χ1) is 6.24. The summed E-state index contributed by atoms with van der Waals surface area (Å²) in [6, 6.07) is 0. The molecular formula is C9H18N2O2. The lowest BCUT2D eigenvalue weighted by molar-refractivity contribution is -0.122. The van der Waals surface area contributed by atoms with Gasteiger partial charge in [-0.2, -0.15) is 0 Å². The molecule has 0 saturated heterocycles. The molecule has 0 aliphatic carbocycles. The molecule has 0 aromatic rings. The number of nitrogens with zero attached hydrogens (tertiary/aromatic N) is 1. The molecule has 0 aromatic carbocycles. The van der Waals surface area contributed by atoms with E-state index in [-0.39, 0.29) is 5.91 Å². The monoisotopic (exact) mass is 186 g/mol. The highest BCUT2D eigenvalue weighted by atomic mass is 16.2. The van der Waals surface area contributed by atoms with E-state index in [0.29, 0.717) is 19.5 Å². The quantitative estimate of drug-likeness (QED) is 0.451. The van der Waals surface area contributed by atoms with Crippen LogP contribution in [-0.2, 0) is 9.59 Å². The van der Waals surface area contributed by atoms with E-state index in [1.54, 1.807) is 0 Å². The molecule has 0 saturated carbocycles. The number of aldehydes is 1. The van der Waals surface area contributed by atoms with Crippen LogP contribution in [0.2, 0.25) is 0 Å². The van der Waals surface area contributed by atoms with Crippen molar-refractivity contribution in [3.05, 3.63) is 0 Å². The number of nitrogens with one attached hydrogen (secondary N) is 1. The summed E-state index contributed by atoms with van der Waals surface area (Å²) in [5.74, 6) is -0.00875. The van der Waals surface area contributed by atoms with E-state index in [0.717, 1.165) is 19.4 Å². The number of amides is 1. The highest BCUT2D eigenvalue weighted by Crippen LogP contribution is 1.85.